The molecule has 106 valence electrons. The van der Waals surface area contributed by atoms with Gasteiger partial charge in [-0.3, -0.25) is 0 Å². The van der Waals surface area contributed by atoms with Crippen molar-refractivity contribution in [1.82, 2.24) is 0 Å². The third kappa shape index (κ3) is 3.47. The van der Waals surface area contributed by atoms with Gasteiger partial charge in [-0.05, 0) is 30.5 Å². The van der Waals surface area contributed by atoms with Gasteiger partial charge in [0.15, 0.2) is 0 Å². The van der Waals surface area contributed by atoms with Crippen LogP contribution >= 0.6 is 0 Å². The first-order valence-electron chi connectivity index (χ1n) is 7.37. The van der Waals surface area contributed by atoms with Gasteiger partial charge in [-0.25, -0.2) is 0 Å². The number of nitrogens with two attached hydrogens (primary N) is 2. The Morgan fingerprint density at radius 1 is 0.700 bits per heavy atom. The van der Waals surface area contributed by atoms with E-state index in [9.17, 15) is 0 Å². The third-order valence-corrected chi connectivity index (χ3v) is 3.85. The molecule has 4 N–H and O–H groups in total. The second-order valence-electron chi connectivity index (χ2n) is 5.30. The number of hydrogen-bond donors (Lipinski definition) is 2. The standard InChI is InChI=1S/C18H24N2/c19-15-9-3-8-14-18(20,16-10-4-1-5-11-16)17-12-6-2-7-13-17/h1-2,4-7,10-13H,3,8-9,14-15,19-20H2. The van der Waals surface area contributed by atoms with E-state index in [1.807, 2.05) is 12.1 Å². The zero-order valence-corrected chi connectivity index (χ0v) is 12.0. The van der Waals surface area contributed by atoms with Crippen LogP contribution in [0.2, 0.25) is 0 Å². The van der Waals surface area contributed by atoms with Crippen LogP contribution in [0.3, 0.4) is 0 Å². The molecule has 0 saturated carbocycles. The summed E-state index contributed by atoms with van der Waals surface area (Å²) < 4.78 is 0. The molecule has 0 bridgehead atoms. The molecule has 0 fully saturated rings. The molecule has 2 heteroatoms. The van der Waals surface area contributed by atoms with Crippen molar-refractivity contribution in [3.05, 3.63) is 71.8 Å². The van der Waals surface area contributed by atoms with E-state index in [-0.39, 0.29) is 0 Å². The Kier molecular flexibility index (Phi) is 5.33. The summed E-state index contributed by atoms with van der Waals surface area (Å²) in [5.41, 5.74) is 14.3. The molecule has 0 aromatic heterocycles. The lowest BCUT2D eigenvalue weighted by molar-refractivity contribution is 0.458. The summed E-state index contributed by atoms with van der Waals surface area (Å²) in [7, 11) is 0. The molecule has 0 amide bonds. The van der Waals surface area contributed by atoms with Crippen molar-refractivity contribution in [1.29, 1.82) is 0 Å². The van der Waals surface area contributed by atoms with E-state index in [4.69, 9.17) is 11.5 Å². The van der Waals surface area contributed by atoms with Crippen LogP contribution < -0.4 is 11.5 Å². The zero-order chi connectivity index (χ0) is 14.3. The topological polar surface area (TPSA) is 52.0 Å². The fraction of sp³-hybridized carbons (Fsp3) is 0.333. The van der Waals surface area contributed by atoms with E-state index >= 15 is 0 Å². The molecule has 0 saturated heterocycles. The normalized spacial score (nSPS) is 11.5. The Labute approximate surface area is 121 Å². The number of unbranched alkanes of at least 4 members (excludes halogenated alkanes) is 2. The number of rotatable bonds is 7. The highest BCUT2D eigenvalue weighted by Crippen LogP contribution is 2.32. The molecular weight excluding hydrogens is 244 g/mol. The van der Waals surface area contributed by atoms with Crippen LogP contribution in [0, 0.1) is 0 Å². The Morgan fingerprint density at radius 2 is 1.20 bits per heavy atom. The molecule has 2 aromatic carbocycles. The molecule has 2 aromatic rings. The molecule has 2 nitrogen and oxygen atoms in total. The minimum absolute atomic E-state index is 0.406. The molecule has 2 rings (SSSR count). The zero-order valence-electron chi connectivity index (χ0n) is 12.0. The molecule has 0 radical (unpaired) electrons. The quantitative estimate of drug-likeness (QED) is 0.756. The lowest BCUT2D eigenvalue weighted by Crippen LogP contribution is -2.37. The predicted molar refractivity (Wildman–Crippen MR) is 85.4 cm³/mol. The van der Waals surface area contributed by atoms with Crippen LogP contribution in [-0.4, -0.2) is 6.54 Å². The summed E-state index contributed by atoms with van der Waals surface area (Å²) in [5.74, 6) is 0. The molecule has 0 aliphatic carbocycles. The second-order valence-corrected chi connectivity index (χ2v) is 5.30. The first-order chi connectivity index (χ1) is 9.77. The van der Waals surface area contributed by atoms with E-state index < -0.39 is 5.54 Å². The van der Waals surface area contributed by atoms with Crippen molar-refractivity contribution in [2.45, 2.75) is 31.2 Å². The maximum absolute atomic E-state index is 6.79. The van der Waals surface area contributed by atoms with E-state index in [0.29, 0.717) is 0 Å². The predicted octanol–water partition coefficient (Wildman–Crippen LogP) is 3.41. The van der Waals surface area contributed by atoms with Gasteiger partial charge in [0.25, 0.3) is 0 Å². The smallest absolute Gasteiger partial charge is 0.0665 e. The minimum atomic E-state index is -0.406. The maximum Gasteiger partial charge on any atom is 0.0665 e. The van der Waals surface area contributed by atoms with Crippen LogP contribution in [0.25, 0.3) is 0 Å². The minimum Gasteiger partial charge on any atom is -0.330 e. The summed E-state index contributed by atoms with van der Waals surface area (Å²) in [6.45, 7) is 0.758. The van der Waals surface area contributed by atoms with Gasteiger partial charge in [-0.2, -0.15) is 0 Å². The molecule has 0 unspecified atom stereocenters. The Morgan fingerprint density at radius 3 is 1.65 bits per heavy atom. The van der Waals surface area contributed by atoms with Gasteiger partial charge < -0.3 is 11.5 Å². The Balaban J connectivity index is 2.24. The van der Waals surface area contributed by atoms with Gasteiger partial charge in [0, 0.05) is 0 Å². The Bertz CT molecular complexity index is 454. The molecule has 20 heavy (non-hydrogen) atoms. The van der Waals surface area contributed by atoms with Gasteiger partial charge in [-0.15, -0.1) is 0 Å². The lowest BCUT2D eigenvalue weighted by atomic mass is 9.80. The summed E-state index contributed by atoms with van der Waals surface area (Å²) in [6, 6.07) is 20.8. The van der Waals surface area contributed by atoms with Crippen LogP contribution in [0.1, 0.15) is 36.8 Å². The molecule has 0 spiro atoms. The first-order valence-corrected chi connectivity index (χ1v) is 7.37. The Hall–Kier alpha value is -1.64. The van der Waals surface area contributed by atoms with Crippen LogP contribution in [0.5, 0.6) is 0 Å². The fourth-order valence-corrected chi connectivity index (χ4v) is 2.65. The van der Waals surface area contributed by atoms with Crippen LogP contribution in [0.15, 0.2) is 60.7 Å². The molecule has 0 aliphatic rings. The summed E-state index contributed by atoms with van der Waals surface area (Å²) >= 11 is 0. The van der Waals surface area contributed by atoms with Crippen molar-refractivity contribution in [3.8, 4) is 0 Å². The SMILES string of the molecule is NCCCCCC(N)(c1ccccc1)c1ccccc1. The van der Waals surface area contributed by atoms with E-state index in [1.54, 1.807) is 0 Å². The molecule has 0 aliphatic heterocycles. The van der Waals surface area contributed by atoms with Crippen molar-refractivity contribution < 1.29 is 0 Å². The van der Waals surface area contributed by atoms with Crippen LogP contribution in [-0.2, 0) is 5.54 Å². The van der Waals surface area contributed by atoms with Gasteiger partial charge in [0.2, 0.25) is 0 Å². The molecular formula is C18H24N2. The fourth-order valence-electron chi connectivity index (χ4n) is 2.65. The highest BCUT2D eigenvalue weighted by atomic mass is 14.7. The largest absolute Gasteiger partial charge is 0.330 e. The summed E-state index contributed by atoms with van der Waals surface area (Å²) in [5, 5.41) is 0. The lowest BCUT2D eigenvalue weighted by Gasteiger charge is -2.31. The second kappa shape index (κ2) is 7.22. The van der Waals surface area contributed by atoms with Crippen molar-refractivity contribution in [2.24, 2.45) is 11.5 Å². The third-order valence-electron chi connectivity index (χ3n) is 3.85. The van der Waals surface area contributed by atoms with Gasteiger partial charge in [0.1, 0.15) is 0 Å². The van der Waals surface area contributed by atoms with Crippen molar-refractivity contribution >= 4 is 0 Å². The van der Waals surface area contributed by atoms with Crippen molar-refractivity contribution in [3.63, 3.8) is 0 Å². The summed E-state index contributed by atoms with van der Waals surface area (Å²) in [4.78, 5) is 0. The average Bonchev–Trinajstić information content (AvgIpc) is 2.53. The molecule has 0 heterocycles. The highest BCUT2D eigenvalue weighted by Gasteiger charge is 2.28. The first kappa shape index (κ1) is 14.8. The van der Waals surface area contributed by atoms with E-state index in [1.165, 1.54) is 11.1 Å². The van der Waals surface area contributed by atoms with E-state index in [2.05, 4.69) is 48.5 Å². The van der Waals surface area contributed by atoms with Crippen LogP contribution in [0.4, 0.5) is 0 Å². The van der Waals surface area contributed by atoms with Crippen molar-refractivity contribution in [2.75, 3.05) is 6.54 Å². The van der Waals surface area contributed by atoms with Gasteiger partial charge in [-0.1, -0.05) is 73.5 Å². The van der Waals surface area contributed by atoms with Gasteiger partial charge in [0.05, 0.1) is 5.54 Å². The highest BCUT2D eigenvalue weighted by molar-refractivity contribution is 5.37. The monoisotopic (exact) mass is 268 g/mol. The average molecular weight is 268 g/mol. The number of benzene rings is 2. The van der Waals surface area contributed by atoms with Gasteiger partial charge >= 0.3 is 0 Å². The maximum atomic E-state index is 6.79. The number of hydrogen-bond acceptors (Lipinski definition) is 2. The molecule has 0 atom stereocenters. The van der Waals surface area contributed by atoms with E-state index in [0.717, 1.165) is 32.2 Å². The summed E-state index contributed by atoms with van der Waals surface area (Å²) in [6.07, 6.45) is 4.24.